The highest BCUT2D eigenvalue weighted by Gasteiger charge is 2.11. The Morgan fingerprint density at radius 2 is 1.75 bits per heavy atom. The Morgan fingerprint density at radius 3 is 2.29 bits per heavy atom. The van der Waals surface area contributed by atoms with Crippen LogP contribution in [0.4, 0.5) is 0 Å². The maximum Gasteiger partial charge on any atom is 0.356 e. The molecule has 1 aromatic carbocycles. The van der Waals surface area contributed by atoms with Crippen LogP contribution in [0.25, 0.3) is 0 Å². The number of aromatic carboxylic acids is 1. The zero-order valence-electron chi connectivity index (χ0n) is 14.2. The topological polar surface area (TPSA) is 84.2 Å². The molecule has 24 heavy (non-hydrogen) atoms. The molecule has 1 atom stereocenters. The fourth-order valence-corrected chi connectivity index (χ4v) is 2.38. The van der Waals surface area contributed by atoms with Gasteiger partial charge in [0.15, 0.2) is 5.69 Å². The van der Waals surface area contributed by atoms with Gasteiger partial charge in [0, 0.05) is 19.2 Å². The number of rotatable bonds is 7. The largest absolute Gasteiger partial charge is 0.476 e. The van der Waals surface area contributed by atoms with Gasteiger partial charge < -0.3 is 10.4 Å². The average Bonchev–Trinajstić information content (AvgIpc) is 3.02. The van der Waals surface area contributed by atoms with Gasteiger partial charge in [-0.25, -0.2) is 4.79 Å². The predicted octanol–water partition coefficient (Wildman–Crippen LogP) is 2.97. The van der Waals surface area contributed by atoms with Crippen LogP contribution in [0.15, 0.2) is 36.5 Å². The summed E-state index contributed by atoms with van der Waals surface area (Å²) >= 11 is 0. The Morgan fingerprint density at radius 1 is 1.12 bits per heavy atom. The number of nitrogens with zero attached hydrogens (tertiary/aromatic N) is 2. The third kappa shape index (κ3) is 4.68. The Bertz CT molecular complexity index is 705. The molecule has 0 aliphatic heterocycles. The molecule has 2 aromatic rings. The van der Waals surface area contributed by atoms with Crippen LogP contribution in [-0.4, -0.2) is 26.8 Å². The lowest BCUT2D eigenvalue weighted by atomic mass is 9.99. The third-order valence-corrected chi connectivity index (χ3v) is 3.91. The van der Waals surface area contributed by atoms with Crippen molar-refractivity contribution in [3.05, 3.63) is 53.3 Å². The summed E-state index contributed by atoms with van der Waals surface area (Å²) in [4.78, 5) is 22.8. The molecule has 0 radical (unpaired) electrons. The number of carbonyl (C=O) groups is 2. The number of hydrogen-bond donors (Lipinski definition) is 2. The minimum Gasteiger partial charge on any atom is -0.476 e. The third-order valence-electron chi connectivity index (χ3n) is 3.91. The van der Waals surface area contributed by atoms with Gasteiger partial charge in [-0.2, -0.15) is 5.10 Å². The summed E-state index contributed by atoms with van der Waals surface area (Å²) in [6.45, 7) is 6.58. The van der Waals surface area contributed by atoms with Gasteiger partial charge in [0.2, 0.25) is 5.91 Å². The van der Waals surface area contributed by atoms with Crippen LogP contribution in [0.5, 0.6) is 0 Å². The lowest BCUT2D eigenvalue weighted by Crippen LogP contribution is -2.27. The van der Waals surface area contributed by atoms with Crippen LogP contribution >= 0.6 is 0 Å². The molecule has 0 fully saturated rings. The fraction of sp³-hybridized carbons (Fsp3) is 0.389. The number of hydrogen-bond acceptors (Lipinski definition) is 3. The van der Waals surface area contributed by atoms with Crippen LogP contribution in [0.1, 0.15) is 60.8 Å². The van der Waals surface area contributed by atoms with E-state index in [-0.39, 0.29) is 24.1 Å². The molecule has 2 rings (SSSR count). The van der Waals surface area contributed by atoms with Gasteiger partial charge >= 0.3 is 5.97 Å². The van der Waals surface area contributed by atoms with Crippen molar-refractivity contribution < 1.29 is 14.7 Å². The van der Waals surface area contributed by atoms with E-state index in [0.717, 1.165) is 5.56 Å². The first kappa shape index (κ1) is 17.7. The summed E-state index contributed by atoms with van der Waals surface area (Å²) in [6, 6.07) is 9.57. The van der Waals surface area contributed by atoms with Crippen molar-refractivity contribution in [3.8, 4) is 0 Å². The highest BCUT2D eigenvalue weighted by molar-refractivity contribution is 5.85. The molecule has 1 unspecified atom stereocenters. The first-order valence-electron chi connectivity index (χ1n) is 8.02. The van der Waals surface area contributed by atoms with Crippen LogP contribution < -0.4 is 5.32 Å². The van der Waals surface area contributed by atoms with Crippen molar-refractivity contribution in [2.75, 3.05) is 0 Å². The second-order valence-corrected chi connectivity index (χ2v) is 6.13. The van der Waals surface area contributed by atoms with E-state index in [4.69, 9.17) is 5.11 Å². The van der Waals surface area contributed by atoms with E-state index in [2.05, 4.69) is 36.4 Å². The van der Waals surface area contributed by atoms with Crippen LogP contribution in [0.2, 0.25) is 0 Å². The normalized spacial score (nSPS) is 12.2. The van der Waals surface area contributed by atoms with Gasteiger partial charge in [0.1, 0.15) is 0 Å². The van der Waals surface area contributed by atoms with E-state index in [1.807, 2.05) is 19.1 Å². The van der Waals surface area contributed by atoms with Crippen molar-refractivity contribution >= 4 is 11.9 Å². The zero-order valence-corrected chi connectivity index (χ0v) is 14.2. The second kappa shape index (κ2) is 7.77. The summed E-state index contributed by atoms with van der Waals surface area (Å²) in [6.07, 6.45) is 1.81. The molecular weight excluding hydrogens is 306 g/mol. The Hall–Kier alpha value is -2.63. The number of nitrogens with one attached hydrogen (secondary N) is 1. The van der Waals surface area contributed by atoms with Crippen molar-refractivity contribution in [2.45, 2.75) is 45.7 Å². The van der Waals surface area contributed by atoms with Crippen LogP contribution in [0, 0.1) is 0 Å². The molecule has 0 aliphatic carbocycles. The summed E-state index contributed by atoms with van der Waals surface area (Å²) in [5, 5.41) is 15.6. The number of aromatic nitrogens is 2. The molecule has 6 nitrogen and oxygen atoms in total. The smallest absolute Gasteiger partial charge is 0.356 e. The van der Waals surface area contributed by atoms with Crippen molar-refractivity contribution in [1.82, 2.24) is 15.1 Å². The lowest BCUT2D eigenvalue weighted by Gasteiger charge is -2.15. The number of carbonyl (C=O) groups excluding carboxylic acids is 1. The first-order chi connectivity index (χ1) is 11.4. The van der Waals surface area contributed by atoms with Gasteiger partial charge in [-0.05, 0) is 30.0 Å². The minimum atomic E-state index is -1.07. The molecule has 0 aliphatic rings. The molecule has 0 spiro atoms. The zero-order chi connectivity index (χ0) is 17.7. The van der Waals surface area contributed by atoms with Crippen LogP contribution in [-0.2, 0) is 11.3 Å². The molecule has 1 heterocycles. The number of aryl methyl sites for hydroxylation is 1. The van der Waals surface area contributed by atoms with E-state index in [0.29, 0.717) is 12.5 Å². The maximum absolute atomic E-state index is 12.0. The van der Waals surface area contributed by atoms with E-state index in [1.54, 1.807) is 6.20 Å². The molecule has 128 valence electrons. The van der Waals surface area contributed by atoms with Crippen molar-refractivity contribution in [3.63, 3.8) is 0 Å². The van der Waals surface area contributed by atoms with Crippen molar-refractivity contribution in [2.24, 2.45) is 0 Å². The predicted molar refractivity (Wildman–Crippen MR) is 90.9 cm³/mol. The standard InChI is InChI=1S/C18H23N3O3/c1-12(2)14-4-6-15(7-5-14)13(3)19-17(22)9-11-21-10-8-16(20-21)18(23)24/h4-8,10,12-13H,9,11H2,1-3H3,(H,19,22)(H,23,24). The van der Waals surface area contributed by atoms with Crippen molar-refractivity contribution in [1.29, 1.82) is 0 Å². The summed E-state index contributed by atoms with van der Waals surface area (Å²) in [5.41, 5.74) is 2.30. The molecule has 0 saturated heterocycles. The van der Waals surface area contributed by atoms with E-state index < -0.39 is 5.97 Å². The molecular formula is C18H23N3O3. The van der Waals surface area contributed by atoms with E-state index >= 15 is 0 Å². The Labute approximate surface area is 141 Å². The molecule has 1 aromatic heterocycles. The number of amides is 1. The maximum atomic E-state index is 12.0. The van der Waals surface area contributed by atoms with Gasteiger partial charge in [-0.15, -0.1) is 0 Å². The Balaban J connectivity index is 1.85. The molecule has 0 saturated carbocycles. The average molecular weight is 329 g/mol. The van der Waals surface area contributed by atoms with Gasteiger partial charge in [-0.1, -0.05) is 38.1 Å². The first-order valence-corrected chi connectivity index (χ1v) is 8.02. The summed E-state index contributed by atoms with van der Waals surface area (Å²) < 4.78 is 1.46. The number of carboxylic acid groups (broad SMARTS) is 1. The Kier molecular flexibility index (Phi) is 5.73. The molecule has 2 N–H and O–H groups in total. The highest BCUT2D eigenvalue weighted by atomic mass is 16.4. The summed E-state index contributed by atoms with van der Waals surface area (Å²) in [7, 11) is 0. The molecule has 6 heteroatoms. The molecule has 0 bridgehead atoms. The van der Waals surface area contributed by atoms with Crippen LogP contribution in [0.3, 0.4) is 0 Å². The van der Waals surface area contributed by atoms with E-state index in [1.165, 1.54) is 16.3 Å². The van der Waals surface area contributed by atoms with E-state index in [9.17, 15) is 9.59 Å². The monoisotopic (exact) mass is 329 g/mol. The SMILES string of the molecule is CC(C)c1ccc(C(C)NC(=O)CCn2ccc(C(=O)O)n2)cc1. The van der Waals surface area contributed by atoms with Gasteiger partial charge in [0.25, 0.3) is 0 Å². The second-order valence-electron chi connectivity index (χ2n) is 6.13. The quantitative estimate of drug-likeness (QED) is 0.818. The fourth-order valence-electron chi connectivity index (χ4n) is 2.38. The van der Waals surface area contributed by atoms with Gasteiger partial charge in [0.05, 0.1) is 6.04 Å². The van der Waals surface area contributed by atoms with Gasteiger partial charge in [-0.3, -0.25) is 9.48 Å². The number of benzene rings is 1. The minimum absolute atomic E-state index is 0.0194. The summed E-state index contributed by atoms with van der Waals surface area (Å²) in [5.74, 6) is -0.687. The highest BCUT2D eigenvalue weighted by Crippen LogP contribution is 2.18. The molecule has 1 amide bonds. The lowest BCUT2D eigenvalue weighted by molar-refractivity contribution is -0.122. The number of carboxylic acids is 1.